The highest BCUT2D eigenvalue weighted by molar-refractivity contribution is 5.91. The average molecular weight is 241 g/mol. The van der Waals surface area contributed by atoms with Crippen molar-refractivity contribution < 1.29 is 14.4 Å². The number of rotatable bonds is 5. The number of amides is 3. The van der Waals surface area contributed by atoms with Crippen LogP contribution in [0.25, 0.3) is 0 Å². The molecule has 2 N–H and O–H groups in total. The van der Waals surface area contributed by atoms with E-state index >= 15 is 0 Å². The Hall–Kier alpha value is -1.59. The van der Waals surface area contributed by atoms with Gasteiger partial charge in [-0.05, 0) is 13.8 Å². The van der Waals surface area contributed by atoms with Crippen molar-refractivity contribution in [3.8, 4) is 0 Å². The van der Waals surface area contributed by atoms with Crippen molar-refractivity contribution in [3.05, 3.63) is 0 Å². The van der Waals surface area contributed by atoms with Crippen molar-refractivity contribution in [2.45, 2.75) is 20.3 Å². The molecule has 0 saturated carbocycles. The largest absolute Gasteiger partial charge is 0.355 e. The maximum atomic E-state index is 12.0. The Morgan fingerprint density at radius 3 is 2.65 bits per heavy atom. The number of hydrogen-bond donors (Lipinski definition) is 2. The van der Waals surface area contributed by atoms with E-state index < -0.39 is 0 Å². The van der Waals surface area contributed by atoms with Gasteiger partial charge in [0.1, 0.15) is 0 Å². The third-order valence-corrected chi connectivity index (χ3v) is 2.73. The Kier molecular flexibility index (Phi) is 4.93. The van der Waals surface area contributed by atoms with E-state index in [9.17, 15) is 14.4 Å². The fourth-order valence-corrected chi connectivity index (χ4v) is 1.81. The van der Waals surface area contributed by atoms with Crippen LogP contribution < -0.4 is 10.6 Å². The summed E-state index contributed by atoms with van der Waals surface area (Å²) in [6, 6.07) is 0. The predicted octanol–water partition coefficient (Wildman–Crippen LogP) is -0.893. The Labute approximate surface area is 101 Å². The van der Waals surface area contributed by atoms with Gasteiger partial charge in [-0.1, -0.05) is 0 Å². The second-order valence-corrected chi connectivity index (χ2v) is 4.01. The lowest BCUT2D eigenvalue weighted by Gasteiger charge is -2.22. The minimum atomic E-state index is -0.322. The van der Waals surface area contributed by atoms with Crippen LogP contribution >= 0.6 is 0 Å². The second-order valence-electron chi connectivity index (χ2n) is 4.01. The Balaban J connectivity index is 2.52. The third kappa shape index (κ3) is 3.72. The van der Waals surface area contributed by atoms with E-state index in [2.05, 4.69) is 10.6 Å². The Morgan fingerprint density at radius 2 is 2.18 bits per heavy atom. The number of nitrogens with zero attached hydrogens (tertiary/aromatic N) is 1. The molecule has 1 rings (SSSR count). The molecule has 0 bridgehead atoms. The molecular formula is C11H19N3O3. The fourth-order valence-electron chi connectivity index (χ4n) is 1.81. The van der Waals surface area contributed by atoms with Crippen LogP contribution in [-0.4, -0.2) is 48.8 Å². The van der Waals surface area contributed by atoms with Crippen LogP contribution in [0.2, 0.25) is 0 Å². The van der Waals surface area contributed by atoms with Crippen molar-refractivity contribution in [1.82, 2.24) is 15.5 Å². The number of carbonyl (C=O) groups excluding carboxylic acids is 3. The van der Waals surface area contributed by atoms with E-state index in [0.717, 1.165) is 0 Å². The highest BCUT2D eigenvalue weighted by Gasteiger charge is 2.31. The lowest BCUT2D eigenvalue weighted by atomic mass is 10.1. The van der Waals surface area contributed by atoms with Crippen LogP contribution in [0.4, 0.5) is 0 Å². The molecule has 6 heteroatoms. The maximum absolute atomic E-state index is 12.0. The minimum absolute atomic E-state index is 0.0634. The molecule has 0 aliphatic carbocycles. The van der Waals surface area contributed by atoms with Gasteiger partial charge in [-0.2, -0.15) is 0 Å². The number of likely N-dealkylation sites (N-methyl/N-ethyl adjacent to an activating group) is 2. The van der Waals surface area contributed by atoms with Crippen LogP contribution in [0.3, 0.4) is 0 Å². The van der Waals surface area contributed by atoms with Gasteiger partial charge in [-0.25, -0.2) is 0 Å². The topological polar surface area (TPSA) is 78.5 Å². The highest BCUT2D eigenvalue weighted by Crippen LogP contribution is 2.12. The molecule has 3 amide bonds. The smallest absolute Gasteiger partial charge is 0.239 e. The first-order valence-electron chi connectivity index (χ1n) is 5.90. The van der Waals surface area contributed by atoms with Gasteiger partial charge in [0.15, 0.2) is 0 Å². The SMILES string of the molecule is CCNC(=O)CN(CC)C(=O)C1CNC(=O)C1. The number of nitrogens with one attached hydrogen (secondary N) is 2. The summed E-state index contributed by atoms with van der Waals surface area (Å²) in [5.74, 6) is -0.716. The van der Waals surface area contributed by atoms with Crippen molar-refractivity contribution in [1.29, 1.82) is 0 Å². The molecule has 17 heavy (non-hydrogen) atoms. The summed E-state index contributed by atoms with van der Waals surface area (Å²) in [7, 11) is 0. The van der Waals surface area contributed by atoms with Crippen LogP contribution in [0.1, 0.15) is 20.3 Å². The molecule has 1 atom stereocenters. The van der Waals surface area contributed by atoms with Gasteiger partial charge in [0.25, 0.3) is 0 Å². The molecule has 1 saturated heterocycles. The molecule has 0 aromatic carbocycles. The zero-order chi connectivity index (χ0) is 12.8. The standard InChI is InChI=1S/C11H19N3O3/c1-3-12-10(16)7-14(4-2)11(17)8-5-9(15)13-6-8/h8H,3-7H2,1-2H3,(H,12,16)(H,13,15). The van der Waals surface area contributed by atoms with E-state index in [4.69, 9.17) is 0 Å². The number of carbonyl (C=O) groups is 3. The maximum Gasteiger partial charge on any atom is 0.239 e. The van der Waals surface area contributed by atoms with Gasteiger partial charge >= 0.3 is 0 Å². The summed E-state index contributed by atoms with van der Waals surface area (Å²) >= 11 is 0. The van der Waals surface area contributed by atoms with E-state index in [-0.39, 0.29) is 36.6 Å². The first kappa shape index (κ1) is 13.5. The van der Waals surface area contributed by atoms with Gasteiger partial charge in [0.2, 0.25) is 17.7 Å². The minimum Gasteiger partial charge on any atom is -0.355 e. The summed E-state index contributed by atoms with van der Waals surface area (Å²) in [6.07, 6.45) is 0.227. The molecule has 96 valence electrons. The molecule has 6 nitrogen and oxygen atoms in total. The van der Waals surface area contributed by atoms with E-state index in [1.807, 2.05) is 13.8 Å². The van der Waals surface area contributed by atoms with Crippen molar-refractivity contribution in [2.24, 2.45) is 5.92 Å². The Bertz CT molecular complexity index is 317. The van der Waals surface area contributed by atoms with Crippen LogP contribution in [-0.2, 0) is 14.4 Å². The molecule has 1 aliphatic rings. The van der Waals surface area contributed by atoms with Crippen molar-refractivity contribution >= 4 is 17.7 Å². The van der Waals surface area contributed by atoms with Crippen LogP contribution in [0.5, 0.6) is 0 Å². The van der Waals surface area contributed by atoms with Gasteiger partial charge < -0.3 is 15.5 Å². The first-order valence-corrected chi connectivity index (χ1v) is 5.90. The molecule has 0 radical (unpaired) electrons. The van der Waals surface area contributed by atoms with Gasteiger partial charge in [-0.15, -0.1) is 0 Å². The fraction of sp³-hybridized carbons (Fsp3) is 0.727. The van der Waals surface area contributed by atoms with Crippen LogP contribution in [0.15, 0.2) is 0 Å². The molecule has 0 aromatic heterocycles. The second kappa shape index (κ2) is 6.22. The highest BCUT2D eigenvalue weighted by atomic mass is 16.2. The predicted molar refractivity (Wildman–Crippen MR) is 62.1 cm³/mol. The number of hydrogen-bond acceptors (Lipinski definition) is 3. The van der Waals surface area contributed by atoms with Crippen molar-refractivity contribution in [3.63, 3.8) is 0 Å². The molecule has 0 spiro atoms. The average Bonchev–Trinajstić information content (AvgIpc) is 2.72. The lowest BCUT2D eigenvalue weighted by molar-refractivity contribution is -0.139. The molecule has 0 aromatic rings. The summed E-state index contributed by atoms with van der Waals surface area (Å²) < 4.78 is 0. The summed E-state index contributed by atoms with van der Waals surface area (Å²) in [5.41, 5.74) is 0. The molecule has 1 unspecified atom stereocenters. The van der Waals surface area contributed by atoms with E-state index in [1.165, 1.54) is 4.90 Å². The van der Waals surface area contributed by atoms with E-state index in [1.54, 1.807) is 0 Å². The molecular weight excluding hydrogens is 222 g/mol. The van der Waals surface area contributed by atoms with Crippen molar-refractivity contribution in [2.75, 3.05) is 26.2 Å². The first-order chi connectivity index (χ1) is 8.08. The zero-order valence-electron chi connectivity index (χ0n) is 10.3. The lowest BCUT2D eigenvalue weighted by Crippen LogP contribution is -2.43. The van der Waals surface area contributed by atoms with Gasteiger partial charge in [-0.3, -0.25) is 14.4 Å². The summed E-state index contributed by atoms with van der Waals surface area (Å²) in [4.78, 5) is 35.9. The van der Waals surface area contributed by atoms with E-state index in [0.29, 0.717) is 19.6 Å². The summed E-state index contributed by atoms with van der Waals surface area (Å²) in [5, 5.41) is 5.27. The third-order valence-electron chi connectivity index (χ3n) is 2.73. The summed E-state index contributed by atoms with van der Waals surface area (Å²) in [6.45, 7) is 5.11. The van der Waals surface area contributed by atoms with Crippen LogP contribution in [0, 0.1) is 5.92 Å². The monoisotopic (exact) mass is 241 g/mol. The normalized spacial score (nSPS) is 18.7. The Morgan fingerprint density at radius 1 is 1.47 bits per heavy atom. The molecule has 1 aliphatic heterocycles. The quantitative estimate of drug-likeness (QED) is 0.655. The zero-order valence-corrected chi connectivity index (χ0v) is 10.3. The molecule has 1 fully saturated rings. The molecule has 1 heterocycles. The van der Waals surface area contributed by atoms with Gasteiger partial charge in [0, 0.05) is 26.1 Å². The van der Waals surface area contributed by atoms with Gasteiger partial charge in [0.05, 0.1) is 12.5 Å².